The number of hydrogen-bond donors (Lipinski definition) is 3. The molecule has 3 aromatic rings. The van der Waals surface area contributed by atoms with Crippen LogP contribution in [0.5, 0.6) is 0 Å². The second-order valence-electron chi connectivity index (χ2n) is 3.88. The fourth-order valence-corrected chi connectivity index (χ4v) is 1.82. The lowest BCUT2D eigenvalue weighted by Gasteiger charge is -2.03. The van der Waals surface area contributed by atoms with Crippen molar-refractivity contribution in [1.29, 1.82) is 0 Å². The first-order valence-electron chi connectivity index (χ1n) is 5.51. The average Bonchev–Trinajstić information content (AvgIpc) is 2.37. The molecule has 6 heteroatoms. The maximum atomic E-state index is 8.81. The maximum absolute atomic E-state index is 8.81. The van der Waals surface area contributed by atoms with E-state index in [0.717, 1.165) is 27.5 Å². The number of fused-ring (bicyclic) bond motifs is 2. The molecule has 0 aliphatic carbocycles. The van der Waals surface area contributed by atoms with Crippen molar-refractivity contribution < 1.29 is 8.42 Å². The number of anilines is 1. The zero-order valence-corrected chi connectivity index (χ0v) is 10.9. The Morgan fingerprint density at radius 3 is 2.32 bits per heavy atom. The van der Waals surface area contributed by atoms with E-state index in [1.54, 1.807) is 0 Å². The third-order valence-electron chi connectivity index (χ3n) is 2.59. The first-order chi connectivity index (χ1) is 9.08. The molecule has 0 bridgehead atoms. The van der Waals surface area contributed by atoms with Gasteiger partial charge in [0.05, 0.1) is 11.0 Å². The van der Waals surface area contributed by atoms with E-state index in [1.165, 1.54) is 0 Å². The van der Waals surface area contributed by atoms with Gasteiger partial charge in [-0.25, -0.2) is 18.5 Å². The van der Waals surface area contributed by atoms with Crippen LogP contribution >= 0.6 is 0 Å². The van der Waals surface area contributed by atoms with Crippen LogP contribution in [0, 0.1) is 0 Å². The molecule has 0 saturated heterocycles. The van der Waals surface area contributed by atoms with Crippen molar-refractivity contribution in [2.45, 2.75) is 0 Å². The first kappa shape index (κ1) is 13.3. The number of nitrogens with zero attached hydrogens (tertiary/aromatic N) is 1. The Morgan fingerprint density at radius 2 is 1.58 bits per heavy atom. The van der Waals surface area contributed by atoms with Crippen molar-refractivity contribution in [3.63, 3.8) is 0 Å². The van der Waals surface area contributed by atoms with Gasteiger partial charge in [-0.1, -0.05) is 24.3 Å². The number of pyridine rings is 1. The van der Waals surface area contributed by atoms with Crippen LogP contribution in [0.4, 0.5) is 5.69 Å². The summed E-state index contributed by atoms with van der Waals surface area (Å²) in [6, 6.07) is 16.0. The van der Waals surface area contributed by atoms with E-state index in [1.807, 2.05) is 42.5 Å². The van der Waals surface area contributed by atoms with Crippen LogP contribution in [0.3, 0.4) is 0 Å². The summed E-state index contributed by atoms with van der Waals surface area (Å²) >= 11 is 0. The molecule has 0 atom stereocenters. The molecule has 19 heavy (non-hydrogen) atoms. The SMILES string of the molecule is N[SH](=O)=O.Nc1cccc2nc3ccccc3cc12. The lowest BCUT2D eigenvalue weighted by Crippen LogP contribution is -1.88. The van der Waals surface area contributed by atoms with Crippen molar-refractivity contribution in [3.8, 4) is 0 Å². The third kappa shape index (κ3) is 3.18. The molecular weight excluding hydrogens is 262 g/mol. The van der Waals surface area contributed by atoms with Gasteiger partial charge in [0, 0.05) is 16.5 Å². The highest BCUT2D eigenvalue weighted by Crippen LogP contribution is 2.23. The molecule has 0 radical (unpaired) electrons. The molecule has 0 aliphatic rings. The van der Waals surface area contributed by atoms with E-state index >= 15 is 0 Å². The van der Waals surface area contributed by atoms with Crippen molar-refractivity contribution in [2.75, 3.05) is 5.73 Å². The normalized spacial score (nSPS) is 10.4. The minimum absolute atomic E-state index is 0.783. The Balaban J connectivity index is 0.000000297. The van der Waals surface area contributed by atoms with Crippen molar-refractivity contribution >= 4 is 38.4 Å². The van der Waals surface area contributed by atoms with Crippen LogP contribution < -0.4 is 10.9 Å². The minimum atomic E-state index is -2.62. The molecule has 2 aromatic carbocycles. The average molecular weight is 275 g/mol. The molecular formula is C13H13N3O2S. The standard InChI is InChI=1S/C13H10N2.H3NO2S/c14-11-5-3-7-13-10(11)8-9-4-1-2-6-12(9)15-13;1-4(2)3/h1-8H,14H2;4H,(H2,1,2,3). The van der Waals surface area contributed by atoms with Gasteiger partial charge in [0.15, 0.2) is 10.9 Å². The van der Waals surface area contributed by atoms with Gasteiger partial charge in [-0.05, 0) is 24.3 Å². The molecule has 4 N–H and O–H groups in total. The molecule has 98 valence electrons. The largest absolute Gasteiger partial charge is 0.398 e. The number of para-hydroxylation sites is 1. The highest BCUT2D eigenvalue weighted by molar-refractivity contribution is 7.69. The quantitative estimate of drug-likeness (QED) is 0.328. The fraction of sp³-hybridized carbons (Fsp3) is 0. The summed E-state index contributed by atoms with van der Waals surface area (Å²) in [5.74, 6) is 0. The highest BCUT2D eigenvalue weighted by Gasteiger charge is 2.00. The number of hydrogen-bond acceptors (Lipinski definition) is 4. The van der Waals surface area contributed by atoms with Crippen molar-refractivity contribution in [3.05, 3.63) is 48.5 Å². The van der Waals surface area contributed by atoms with Crippen LogP contribution in [0.1, 0.15) is 0 Å². The first-order valence-corrected chi connectivity index (χ1v) is 6.75. The summed E-state index contributed by atoms with van der Waals surface area (Å²) in [6.07, 6.45) is 0. The molecule has 5 nitrogen and oxygen atoms in total. The second kappa shape index (κ2) is 5.64. The van der Waals surface area contributed by atoms with Crippen LogP contribution in [-0.4, -0.2) is 13.4 Å². The molecule has 0 amide bonds. The summed E-state index contributed by atoms with van der Waals surface area (Å²) in [5, 5.41) is 6.22. The van der Waals surface area contributed by atoms with Crippen molar-refractivity contribution in [1.82, 2.24) is 4.98 Å². The van der Waals surface area contributed by atoms with Crippen LogP contribution in [-0.2, 0) is 10.9 Å². The number of thiol groups is 1. The third-order valence-corrected chi connectivity index (χ3v) is 2.59. The van der Waals surface area contributed by atoms with Gasteiger partial charge in [-0.3, -0.25) is 0 Å². The Hall–Kier alpha value is -2.18. The van der Waals surface area contributed by atoms with Gasteiger partial charge in [0.25, 0.3) is 0 Å². The lowest BCUT2D eigenvalue weighted by atomic mass is 10.1. The number of rotatable bonds is 0. The summed E-state index contributed by atoms with van der Waals surface area (Å²) in [6.45, 7) is 0. The zero-order chi connectivity index (χ0) is 13.8. The summed E-state index contributed by atoms with van der Waals surface area (Å²) in [5.41, 5.74) is 8.65. The van der Waals surface area contributed by atoms with E-state index in [9.17, 15) is 0 Å². The molecule has 1 heterocycles. The van der Waals surface area contributed by atoms with Crippen LogP contribution in [0.25, 0.3) is 21.8 Å². The van der Waals surface area contributed by atoms with E-state index in [0.29, 0.717) is 0 Å². The molecule has 0 unspecified atom stereocenters. The minimum Gasteiger partial charge on any atom is -0.398 e. The van der Waals surface area contributed by atoms with E-state index < -0.39 is 10.9 Å². The fourth-order valence-electron chi connectivity index (χ4n) is 1.82. The molecule has 0 spiro atoms. The highest BCUT2D eigenvalue weighted by atomic mass is 32.2. The Kier molecular flexibility index (Phi) is 3.94. The van der Waals surface area contributed by atoms with Gasteiger partial charge in [-0.2, -0.15) is 0 Å². The van der Waals surface area contributed by atoms with Gasteiger partial charge in [0.2, 0.25) is 0 Å². The number of aromatic nitrogens is 1. The molecule has 0 aliphatic heterocycles. The van der Waals surface area contributed by atoms with E-state index in [4.69, 9.17) is 14.2 Å². The number of nitrogens with two attached hydrogens (primary N) is 2. The predicted octanol–water partition coefficient (Wildman–Crippen LogP) is 1.44. The van der Waals surface area contributed by atoms with Crippen LogP contribution in [0.2, 0.25) is 0 Å². The smallest absolute Gasteiger partial charge is 0.198 e. The molecule has 1 aromatic heterocycles. The van der Waals surface area contributed by atoms with E-state index in [2.05, 4.69) is 16.2 Å². The monoisotopic (exact) mass is 275 g/mol. The summed E-state index contributed by atoms with van der Waals surface area (Å²) in [4.78, 5) is 4.56. The maximum Gasteiger partial charge on any atom is 0.198 e. The topological polar surface area (TPSA) is 99.1 Å². The zero-order valence-electron chi connectivity index (χ0n) is 9.98. The van der Waals surface area contributed by atoms with Gasteiger partial charge >= 0.3 is 0 Å². The number of benzene rings is 2. The second-order valence-corrected chi connectivity index (χ2v) is 4.45. The van der Waals surface area contributed by atoms with Crippen LogP contribution in [0.15, 0.2) is 48.5 Å². The van der Waals surface area contributed by atoms with Crippen molar-refractivity contribution in [2.24, 2.45) is 5.14 Å². The molecule has 0 saturated carbocycles. The summed E-state index contributed by atoms with van der Waals surface area (Å²) in [7, 11) is -2.62. The van der Waals surface area contributed by atoms with E-state index in [-0.39, 0.29) is 0 Å². The predicted molar refractivity (Wildman–Crippen MR) is 78.2 cm³/mol. The Labute approximate surface area is 111 Å². The molecule has 0 fully saturated rings. The Morgan fingerprint density at radius 1 is 0.947 bits per heavy atom. The van der Waals surface area contributed by atoms with Gasteiger partial charge in [0.1, 0.15) is 0 Å². The van der Waals surface area contributed by atoms with Gasteiger partial charge in [-0.15, -0.1) is 0 Å². The Bertz CT molecular complexity index is 792. The number of nitrogen functional groups attached to an aromatic ring is 1. The molecule has 3 rings (SSSR count). The summed E-state index contributed by atoms with van der Waals surface area (Å²) < 4.78 is 17.6. The van der Waals surface area contributed by atoms with Gasteiger partial charge < -0.3 is 5.73 Å². The lowest BCUT2D eigenvalue weighted by molar-refractivity contribution is 0.616.